The van der Waals surface area contributed by atoms with Gasteiger partial charge in [0.25, 0.3) is 0 Å². The van der Waals surface area contributed by atoms with Gasteiger partial charge in [0.15, 0.2) is 11.5 Å². The molecule has 1 amide bonds. The highest BCUT2D eigenvalue weighted by atomic mass is 35.5. The summed E-state index contributed by atoms with van der Waals surface area (Å²) in [6.45, 7) is 3.05. The number of aryl methyl sites for hydroxylation is 1. The SMILES string of the molecule is Cc1nc(CC(=O)N/N=C\c2cc(Cl)c3c(c2)OCCCO3)cs1. The molecular formula is C16H16ClN3O3S. The van der Waals surface area contributed by atoms with Gasteiger partial charge in [-0.3, -0.25) is 4.79 Å². The second-order valence-electron chi connectivity index (χ2n) is 5.21. The molecule has 6 nitrogen and oxygen atoms in total. The third-order valence-electron chi connectivity index (χ3n) is 3.24. The number of amides is 1. The summed E-state index contributed by atoms with van der Waals surface area (Å²) in [6, 6.07) is 3.50. The molecule has 0 fully saturated rings. The Morgan fingerprint density at radius 1 is 1.46 bits per heavy atom. The van der Waals surface area contributed by atoms with E-state index < -0.39 is 0 Å². The molecule has 0 atom stereocenters. The van der Waals surface area contributed by atoms with Crippen LogP contribution >= 0.6 is 22.9 Å². The van der Waals surface area contributed by atoms with Gasteiger partial charge in [0.1, 0.15) is 0 Å². The first-order valence-electron chi connectivity index (χ1n) is 7.44. The molecule has 1 aromatic heterocycles. The van der Waals surface area contributed by atoms with Gasteiger partial charge >= 0.3 is 0 Å². The van der Waals surface area contributed by atoms with Gasteiger partial charge in [0.05, 0.1) is 41.6 Å². The molecule has 126 valence electrons. The minimum Gasteiger partial charge on any atom is -0.489 e. The molecular weight excluding hydrogens is 350 g/mol. The molecule has 0 unspecified atom stereocenters. The number of ether oxygens (including phenoxy) is 2. The van der Waals surface area contributed by atoms with Crippen LogP contribution in [0, 0.1) is 6.92 Å². The van der Waals surface area contributed by atoms with Crippen molar-refractivity contribution in [3.8, 4) is 11.5 Å². The molecule has 0 saturated heterocycles. The predicted octanol–water partition coefficient (Wildman–Crippen LogP) is 2.96. The number of halogens is 1. The van der Waals surface area contributed by atoms with Crippen LogP contribution in [0.15, 0.2) is 22.6 Å². The van der Waals surface area contributed by atoms with Crippen LogP contribution in [0.5, 0.6) is 11.5 Å². The van der Waals surface area contributed by atoms with E-state index in [1.807, 2.05) is 12.3 Å². The highest BCUT2D eigenvalue weighted by Gasteiger charge is 2.15. The Bertz CT molecular complexity index is 776. The number of fused-ring (bicyclic) bond motifs is 1. The monoisotopic (exact) mass is 365 g/mol. The first kappa shape index (κ1) is 16.7. The second-order valence-corrected chi connectivity index (χ2v) is 6.68. The average Bonchev–Trinajstić information content (AvgIpc) is 2.80. The van der Waals surface area contributed by atoms with Crippen molar-refractivity contribution in [3.05, 3.63) is 38.8 Å². The highest BCUT2D eigenvalue weighted by Crippen LogP contribution is 2.37. The number of nitrogens with one attached hydrogen (secondary N) is 1. The normalized spacial score (nSPS) is 13.8. The largest absolute Gasteiger partial charge is 0.489 e. The molecule has 1 N–H and O–H groups in total. The Kier molecular flexibility index (Phi) is 5.32. The standard InChI is InChI=1S/C16H16ClN3O3S/c1-10-19-12(9-24-10)7-15(21)20-18-8-11-5-13(17)16-14(6-11)22-3-2-4-23-16/h5-6,8-9H,2-4,7H2,1H3,(H,20,21)/b18-8-. The van der Waals surface area contributed by atoms with E-state index >= 15 is 0 Å². The van der Waals surface area contributed by atoms with Crippen molar-refractivity contribution in [1.29, 1.82) is 0 Å². The summed E-state index contributed by atoms with van der Waals surface area (Å²) < 4.78 is 11.2. The van der Waals surface area contributed by atoms with E-state index in [2.05, 4.69) is 15.5 Å². The van der Waals surface area contributed by atoms with Crippen molar-refractivity contribution in [2.75, 3.05) is 13.2 Å². The average molecular weight is 366 g/mol. The van der Waals surface area contributed by atoms with Gasteiger partial charge in [-0.2, -0.15) is 5.10 Å². The highest BCUT2D eigenvalue weighted by molar-refractivity contribution is 7.09. The zero-order chi connectivity index (χ0) is 16.9. The summed E-state index contributed by atoms with van der Waals surface area (Å²) in [5, 5.41) is 7.21. The number of aromatic nitrogens is 1. The number of hydrogen-bond acceptors (Lipinski definition) is 6. The van der Waals surface area contributed by atoms with Crippen LogP contribution in [0.3, 0.4) is 0 Å². The summed E-state index contributed by atoms with van der Waals surface area (Å²) in [6.07, 6.45) is 2.52. The summed E-state index contributed by atoms with van der Waals surface area (Å²) in [7, 11) is 0. The van der Waals surface area contributed by atoms with E-state index in [0.717, 1.165) is 17.1 Å². The number of benzene rings is 1. The first-order chi connectivity index (χ1) is 11.6. The summed E-state index contributed by atoms with van der Waals surface area (Å²) in [5.41, 5.74) is 3.94. The van der Waals surface area contributed by atoms with Gasteiger partial charge in [-0.1, -0.05) is 11.6 Å². The first-order valence-corrected chi connectivity index (χ1v) is 8.69. The lowest BCUT2D eigenvalue weighted by molar-refractivity contribution is -0.120. The minimum absolute atomic E-state index is 0.198. The maximum Gasteiger partial charge on any atom is 0.246 e. The number of hydrazone groups is 1. The fraction of sp³-hybridized carbons (Fsp3) is 0.312. The zero-order valence-corrected chi connectivity index (χ0v) is 14.6. The van der Waals surface area contributed by atoms with Crippen LogP contribution in [0.4, 0.5) is 0 Å². The van der Waals surface area contributed by atoms with Crippen LogP contribution in [0.2, 0.25) is 5.02 Å². The molecule has 2 aromatic rings. The van der Waals surface area contributed by atoms with Crippen LogP contribution in [0.1, 0.15) is 22.7 Å². The lowest BCUT2D eigenvalue weighted by atomic mass is 10.2. The van der Waals surface area contributed by atoms with E-state index in [9.17, 15) is 4.79 Å². The fourth-order valence-corrected chi connectivity index (χ4v) is 3.08. The Morgan fingerprint density at radius 2 is 2.29 bits per heavy atom. The molecule has 0 radical (unpaired) electrons. The molecule has 0 saturated carbocycles. The van der Waals surface area contributed by atoms with Crippen LogP contribution in [-0.2, 0) is 11.2 Å². The molecule has 24 heavy (non-hydrogen) atoms. The van der Waals surface area contributed by atoms with Crippen LogP contribution < -0.4 is 14.9 Å². The lowest BCUT2D eigenvalue weighted by Crippen LogP contribution is -2.19. The quantitative estimate of drug-likeness (QED) is 0.667. The lowest BCUT2D eigenvalue weighted by Gasteiger charge is -2.09. The summed E-state index contributed by atoms with van der Waals surface area (Å²) >= 11 is 7.72. The Morgan fingerprint density at radius 3 is 3.08 bits per heavy atom. The topological polar surface area (TPSA) is 72.8 Å². The number of hydrogen-bond donors (Lipinski definition) is 1. The molecule has 0 spiro atoms. The second kappa shape index (κ2) is 7.63. The van der Waals surface area contributed by atoms with Crippen molar-refractivity contribution >= 4 is 35.1 Å². The molecule has 1 aromatic carbocycles. The predicted molar refractivity (Wildman–Crippen MR) is 93.4 cm³/mol. The van der Waals surface area contributed by atoms with Crippen molar-refractivity contribution in [3.63, 3.8) is 0 Å². The maximum absolute atomic E-state index is 11.8. The maximum atomic E-state index is 11.8. The third-order valence-corrected chi connectivity index (χ3v) is 4.34. The van der Waals surface area contributed by atoms with Gasteiger partial charge in [-0.25, -0.2) is 10.4 Å². The van der Waals surface area contributed by atoms with E-state index in [4.69, 9.17) is 21.1 Å². The smallest absolute Gasteiger partial charge is 0.246 e. The molecule has 8 heteroatoms. The number of carbonyl (C=O) groups excluding carboxylic acids is 1. The van der Waals surface area contributed by atoms with Crippen LogP contribution in [-0.4, -0.2) is 30.3 Å². The van der Waals surface area contributed by atoms with Crippen molar-refractivity contribution < 1.29 is 14.3 Å². The third kappa shape index (κ3) is 4.24. The molecule has 1 aliphatic rings. The zero-order valence-electron chi connectivity index (χ0n) is 13.0. The van der Waals surface area contributed by atoms with Crippen molar-refractivity contribution in [1.82, 2.24) is 10.4 Å². The van der Waals surface area contributed by atoms with Gasteiger partial charge < -0.3 is 9.47 Å². The molecule has 2 heterocycles. The van der Waals surface area contributed by atoms with E-state index in [0.29, 0.717) is 35.3 Å². The Labute approximate surface area is 148 Å². The fourth-order valence-electron chi connectivity index (χ4n) is 2.20. The Balaban J connectivity index is 1.63. The minimum atomic E-state index is -0.225. The summed E-state index contributed by atoms with van der Waals surface area (Å²) in [4.78, 5) is 16.1. The van der Waals surface area contributed by atoms with Gasteiger partial charge in [0, 0.05) is 11.8 Å². The molecule has 0 aliphatic carbocycles. The van der Waals surface area contributed by atoms with E-state index in [1.54, 1.807) is 12.1 Å². The Hall–Kier alpha value is -2.12. The van der Waals surface area contributed by atoms with E-state index in [1.165, 1.54) is 17.6 Å². The molecule has 1 aliphatic heterocycles. The van der Waals surface area contributed by atoms with Crippen molar-refractivity contribution in [2.45, 2.75) is 19.8 Å². The van der Waals surface area contributed by atoms with Gasteiger partial charge in [0.2, 0.25) is 5.91 Å². The number of rotatable bonds is 4. The van der Waals surface area contributed by atoms with Crippen LogP contribution in [0.25, 0.3) is 0 Å². The van der Waals surface area contributed by atoms with Gasteiger partial charge in [-0.05, 0) is 24.6 Å². The molecule has 3 rings (SSSR count). The number of nitrogens with zero attached hydrogens (tertiary/aromatic N) is 2. The van der Waals surface area contributed by atoms with Crippen molar-refractivity contribution in [2.24, 2.45) is 5.10 Å². The summed E-state index contributed by atoms with van der Waals surface area (Å²) in [5.74, 6) is 0.914. The number of thiazole rings is 1. The van der Waals surface area contributed by atoms with E-state index in [-0.39, 0.29) is 12.3 Å². The molecule has 0 bridgehead atoms. The number of carbonyl (C=O) groups is 1. The van der Waals surface area contributed by atoms with Gasteiger partial charge in [-0.15, -0.1) is 11.3 Å².